The summed E-state index contributed by atoms with van der Waals surface area (Å²) in [5.41, 5.74) is 3.57. The maximum absolute atomic E-state index is 11.5. The second-order valence-corrected chi connectivity index (χ2v) is 3.69. The van der Waals surface area contributed by atoms with Crippen LogP contribution in [0.5, 0.6) is 0 Å². The van der Waals surface area contributed by atoms with Gasteiger partial charge in [0.1, 0.15) is 12.3 Å². The van der Waals surface area contributed by atoms with Crippen LogP contribution in [0.3, 0.4) is 0 Å². The summed E-state index contributed by atoms with van der Waals surface area (Å²) in [6.07, 6.45) is -2.68. The van der Waals surface area contributed by atoms with E-state index in [9.17, 15) is 14.7 Å². The number of nitrogens with zero attached hydrogens (tertiary/aromatic N) is 2. The minimum absolute atomic E-state index is 0.0276. The number of nitrogens with two attached hydrogens (primary N) is 1. The monoisotopic (exact) mass is 244 g/mol. The summed E-state index contributed by atoms with van der Waals surface area (Å²) in [5.74, 6) is -0.284. The van der Waals surface area contributed by atoms with Gasteiger partial charge >= 0.3 is 11.4 Å². The predicted octanol–water partition coefficient (Wildman–Crippen LogP) is -2.85. The average molecular weight is 244 g/mol. The Labute approximate surface area is 94.5 Å². The van der Waals surface area contributed by atoms with E-state index in [1.165, 1.54) is 0 Å². The number of ether oxygens (including phenoxy) is 1. The van der Waals surface area contributed by atoms with Crippen molar-refractivity contribution in [3.63, 3.8) is 0 Å². The van der Waals surface area contributed by atoms with Crippen molar-refractivity contribution in [1.29, 1.82) is 0 Å². The van der Waals surface area contributed by atoms with Crippen LogP contribution in [0.25, 0.3) is 0 Å². The fourth-order valence-corrected chi connectivity index (χ4v) is 1.73. The van der Waals surface area contributed by atoms with Crippen molar-refractivity contribution < 1.29 is 14.9 Å². The molecule has 1 aromatic rings. The Balaban J connectivity index is 2.37. The summed E-state index contributed by atoms with van der Waals surface area (Å²) in [7, 11) is 0. The molecule has 2 heterocycles. The van der Waals surface area contributed by atoms with Crippen LogP contribution in [0.15, 0.2) is 9.59 Å². The number of hydrogen-bond acceptors (Lipinski definition) is 7. The van der Waals surface area contributed by atoms with E-state index in [2.05, 4.69) is 9.97 Å². The zero-order valence-corrected chi connectivity index (χ0v) is 8.74. The molecule has 0 radical (unpaired) electrons. The van der Waals surface area contributed by atoms with Crippen molar-refractivity contribution >= 4 is 5.95 Å². The van der Waals surface area contributed by atoms with Crippen LogP contribution in [-0.4, -0.2) is 43.6 Å². The SMILES string of the molecule is Nc1nc(=O)n([C@H]2C[C@H](O)[C@@H](CO)O2)c(=O)[nH]1. The first-order valence-electron chi connectivity index (χ1n) is 4.95. The van der Waals surface area contributed by atoms with E-state index in [1.807, 2.05) is 0 Å². The Morgan fingerprint density at radius 1 is 1.59 bits per heavy atom. The molecule has 17 heavy (non-hydrogen) atoms. The van der Waals surface area contributed by atoms with E-state index in [4.69, 9.17) is 15.6 Å². The van der Waals surface area contributed by atoms with Crippen molar-refractivity contribution in [1.82, 2.24) is 14.5 Å². The van der Waals surface area contributed by atoms with Gasteiger partial charge in [0.2, 0.25) is 5.95 Å². The number of anilines is 1. The molecule has 1 fully saturated rings. The molecule has 0 saturated carbocycles. The third-order valence-electron chi connectivity index (χ3n) is 2.55. The summed E-state index contributed by atoms with van der Waals surface area (Å²) >= 11 is 0. The van der Waals surface area contributed by atoms with Crippen LogP contribution in [-0.2, 0) is 4.74 Å². The van der Waals surface area contributed by atoms with Crippen LogP contribution >= 0.6 is 0 Å². The fraction of sp³-hybridized carbons (Fsp3) is 0.625. The Morgan fingerprint density at radius 3 is 2.82 bits per heavy atom. The van der Waals surface area contributed by atoms with Gasteiger partial charge in [0.15, 0.2) is 0 Å². The van der Waals surface area contributed by atoms with Crippen LogP contribution in [0.2, 0.25) is 0 Å². The van der Waals surface area contributed by atoms with E-state index >= 15 is 0 Å². The Morgan fingerprint density at radius 2 is 2.29 bits per heavy atom. The number of aliphatic hydroxyl groups excluding tert-OH is 2. The first kappa shape index (κ1) is 11.8. The van der Waals surface area contributed by atoms with Crippen molar-refractivity contribution in [3.05, 3.63) is 21.0 Å². The van der Waals surface area contributed by atoms with Crippen LogP contribution in [0, 0.1) is 0 Å². The number of nitrogen functional groups attached to an aromatic ring is 1. The quantitative estimate of drug-likeness (QED) is 0.438. The molecule has 1 aliphatic heterocycles. The smallest absolute Gasteiger partial charge is 0.357 e. The standard InChI is InChI=1S/C8H12N4O5/c9-6-10-7(15)12(8(16)11-6)5-1-3(14)4(2-13)17-5/h3-5,13-14H,1-2H2,(H3,9,10,11,15,16)/t3-,4+,5+/m0/s1. The van der Waals surface area contributed by atoms with Gasteiger partial charge in [0.05, 0.1) is 12.7 Å². The summed E-state index contributed by atoms with van der Waals surface area (Å²) in [4.78, 5) is 28.5. The molecule has 94 valence electrons. The van der Waals surface area contributed by atoms with Gasteiger partial charge in [0, 0.05) is 6.42 Å². The number of aromatic amines is 1. The maximum Gasteiger partial charge on any atom is 0.357 e. The van der Waals surface area contributed by atoms with Gasteiger partial charge in [-0.3, -0.25) is 4.98 Å². The zero-order valence-electron chi connectivity index (χ0n) is 8.74. The van der Waals surface area contributed by atoms with Gasteiger partial charge in [-0.25, -0.2) is 14.2 Å². The Bertz CT molecular complexity index is 492. The number of aromatic nitrogens is 3. The third kappa shape index (κ3) is 2.07. The second-order valence-electron chi connectivity index (χ2n) is 3.69. The molecule has 9 nitrogen and oxygen atoms in total. The first-order chi connectivity index (χ1) is 8.02. The molecular formula is C8H12N4O5. The van der Waals surface area contributed by atoms with Crippen molar-refractivity contribution in [2.45, 2.75) is 24.9 Å². The average Bonchev–Trinajstić information content (AvgIpc) is 2.57. The summed E-state index contributed by atoms with van der Waals surface area (Å²) in [6, 6.07) is 0. The topological polar surface area (TPSA) is 143 Å². The van der Waals surface area contributed by atoms with Crippen molar-refractivity contribution in [2.75, 3.05) is 12.3 Å². The molecule has 2 rings (SSSR count). The first-order valence-corrected chi connectivity index (χ1v) is 4.95. The molecule has 1 aromatic heterocycles. The summed E-state index contributed by atoms with van der Waals surface area (Å²) in [5, 5.41) is 18.4. The lowest BCUT2D eigenvalue weighted by molar-refractivity contribution is -0.0473. The number of aliphatic hydroxyl groups is 2. The molecule has 0 aromatic carbocycles. The maximum atomic E-state index is 11.5. The van der Waals surface area contributed by atoms with Crippen LogP contribution in [0.1, 0.15) is 12.6 Å². The second kappa shape index (κ2) is 4.28. The fourth-order valence-electron chi connectivity index (χ4n) is 1.73. The molecule has 0 aliphatic carbocycles. The van der Waals surface area contributed by atoms with Crippen molar-refractivity contribution in [2.24, 2.45) is 0 Å². The highest BCUT2D eigenvalue weighted by Crippen LogP contribution is 2.26. The highest BCUT2D eigenvalue weighted by Gasteiger charge is 2.36. The Hall–Kier alpha value is -1.71. The molecule has 0 bridgehead atoms. The molecule has 1 saturated heterocycles. The molecule has 3 atom stereocenters. The van der Waals surface area contributed by atoms with Gasteiger partial charge in [0.25, 0.3) is 0 Å². The Kier molecular flexibility index (Phi) is 2.96. The van der Waals surface area contributed by atoms with E-state index in [0.29, 0.717) is 0 Å². The van der Waals surface area contributed by atoms with Crippen LogP contribution < -0.4 is 17.1 Å². The molecule has 1 aliphatic rings. The molecule has 0 spiro atoms. The lowest BCUT2D eigenvalue weighted by atomic mass is 10.2. The van der Waals surface area contributed by atoms with Gasteiger partial charge in [-0.05, 0) is 0 Å². The number of rotatable bonds is 2. The van der Waals surface area contributed by atoms with Gasteiger partial charge in [-0.15, -0.1) is 0 Å². The van der Waals surface area contributed by atoms with Gasteiger partial charge in [-0.2, -0.15) is 4.98 Å². The minimum Gasteiger partial charge on any atom is -0.394 e. The predicted molar refractivity (Wildman–Crippen MR) is 55.1 cm³/mol. The number of H-pyrrole nitrogens is 1. The highest BCUT2D eigenvalue weighted by atomic mass is 16.5. The normalized spacial score (nSPS) is 28.5. The largest absolute Gasteiger partial charge is 0.394 e. The molecular weight excluding hydrogens is 232 g/mol. The lowest BCUT2D eigenvalue weighted by Crippen LogP contribution is -2.40. The minimum atomic E-state index is -0.952. The third-order valence-corrected chi connectivity index (χ3v) is 2.55. The number of nitrogens with one attached hydrogen (secondary N) is 1. The molecule has 5 N–H and O–H groups in total. The lowest BCUT2D eigenvalue weighted by Gasteiger charge is -2.12. The van der Waals surface area contributed by atoms with E-state index in [1.54, 1.807) is 0 Å². The van der Waals surface area contributed by atoms with Gasteiger partial charge in [-0.1, -0.05) is 0 Å². The molecule has 0 amide bonds. The van der Waals surface area contributed by atoms with E-state index in [-0.39, 0.29) is 12.4 Å². The summed E-state index contributed by atoms with van der Waals surface area (Å²) in [6.45, 7) is -0.396. The molecule has 0 unspecified atom stereocenters. The highest BCUT2D eigenvalue weighted by molar-refractivity contribution is 5.10. The zero-order chi connectivity index (χ0) is 12.6. The van der Waals surface area contributed by atoms with E-state index in [0.717, 1.165) is 4.57 Å². The summed E-state index contributed by atoms with van der Waals surface area (Å²) < 4.78 is 5.89. The van der Waals surface area contributed by atoms with Gasteiger partial charge < -0.3 is 20.7 Å². The number of hydrogen-bond donors (Lipinski definition) is 4. The molecule has 9 heteroatoms. The van der Waals surface area contributed by atoms with E-state index < -0.39 is 36.4 Å². The van der Waals surface area contributed by atoms with Crippen molar-refractivity contribution in [3.8, 4) is 0 Å². The van der Waals surface area contributed by atoms with Crippen LogP contribution in [0.4, 0.5) is 5.95 Å².